The maximum absolute atomic E-state index is 14.1. The molecule has 0 fully saturated rings. The monoisotopic (exact) mass is 818 g/mol. The van der Waals surface area contributed by atoms with Crippen molar-refractivity contribution in [2.45, 2.75) is 124 Å². The predicted molar refractivity (Wildman–Crippen MR) is 210 cm³/mol. The molecule has 2 amide bonds. The van der Waals surface area contributed by atoms with Gasteiger partial charge in [-0.3, -0.25) is 24.0 Å². The lowest BCUT2D eigenvalue weighted by atomic mass is 9.85. The average molecular weight is 819 g/mol. The number of amides is 2. The fourth-order valence-corrected chi connectivity index (χ4v) is 7.54. The van der Waals surface area contributed by atoms with E-state index in [2.05, 4.69) is 10.6 Å². The third kappa shape index (κ3) is 9.61. The van der Waals surface area contributed by atoms with Gasteiger partial charge in [0.05, 0.1) is 41.9 Å². The summed E-state index contributed by atoms with van der Waals surface area (Å²) in [5, 5.41) is 24.4. The summed E-state index contributed by atoms with van der Waals surface area (Å²) >= 11 is 0. The third-order valence-corrected chi connectivity index (χ3v) is 10.4. The number of fused-ring (bicyclic) bond motifs is 5. The summed E-state index contributed by atoms with van der Waals surface area (Å²) in [5.41, 5.74) is 0.733. The summed E-state index contributed by atoms with van der Waals surface area (Å²) in [6, 6.07) is 4.26. The van der Waals surface area contributed by atoms with E-state index in [0.717, 1.165) is 11.1 Å². The van der Waals surface area contributed by atoms with Gasteiger partial charge in [-0.15, -0.1) is 0 Å². The van der Waals surface area contributed by atoms with Crippen molar-refractivity contribution in [2.24, 2.45) is 11.8 Å². The molecule has 0 radical (unpaired) electrons. The van der Waals surface area contributed by atoms with E-state index in [1.54, 1.807) is 31.2 Å². The van der Waals surface area contributed by atoms with E-state index in [-0.39, 0.29) is 74.0 Å². The first kappa shape index (κ1) is 44.0. The molecular weight excluding hydrogens is 768 g/mol. The third-order valence-electron chi connectivity index (χ3n) is 10.4. The summed E-state index contributed by atoms with van der Waals surface area (Å²) in [5.74, 6) is -5.89. The van der Waals surface area contributed by atoms with Crippen LogP contribution >= 0.6 is 0 Å². The second-order valence-corrected chi connectivity index (χ2v) is 15.6. The fourth-order valence-electron chi connectivity index (χ4n) is 7.54. The molecule has 0 bridgehead atoms. The molecule has 4 N–H and O–H groups in total. The summed E-state index contributed by atoms with van der Waals surface area (Å²) in [6.07, 6.45) is -0.579. The van der Waals surface area contributed by atoms with Crippen molar-refractivity contribution in [1.29, 1.82) is 0 Å². The van der Waals surface area contributed by atoms with Gasteiger partial charge >= 0.3 is 29.8 Å². The van der Waals surface area contributed by atoms with Crippen LogP contribution in [-0.2, 0) is 68.2 Å². The van der Waals surface area contributed by atoms with Crippen LogP contribution in [0.3, 0.4) is 0 Å². The van der Waals surface area contributed by atoms with E-state index in [4.69, 9.17) is 19.2 Å². The quantitative estimate of drug-likeness (QED) is 0.0822. The van der Waals surface area contributed by atoms with Crippen LogP contribution in [-0.4, -0.2) is 73.5 Å². The molecule has 2 aliphatic rings. The van der Waals surface area contributed by atoms with Crippen molar-refractivity contribution in [3.05, 3.63) is 56.9 Å². The molecule has 3 atom stereocenters. The van der Waals surface area contributed by atoms with Crippen LogP contribution in [0.5, 0.6) is 5.75 Å². The number of aryl methyl sites for hydroxylation is 1. The van der Waals surface area contributed by atoms with E-state index in [1.165, 1.54) is 4.57 Å². The highest BCUT2D eigenvalue weighted by Crippen LogP contribution is 2.42. The summed E-state index contributed by atoms with van der Waals surface area (Å²) < 4.78 is 18.3. The van der Waals surface area contributed by atoms with E-state index < -0.39 is 77.7 Å². The molecule has 5 rings (SSSR count). The van der Waals surface area contributed by atoms with Crippen molar-refractivity contribution in [3.63, 3.8) is 0 Å². The van der Waals surface area contributed by atoms with Gasteiger partial charge in [-0.05, 0) is 67.3 Å². The molecule has 59 heavy (non-hydrogen) atoms. The van der Waals surface area contributed by atoms with Crippen LogP contribution < -0.4 is 20.9 Å². The molecule has 17 heteroatoms. The van der Waals surface area contributed by atoms with Gasteiger partial charge in [0.15, 0.2) is 0 Å². The highest BCUT2D eigenvalue weighted by atomic mass is 16.6. The number of hydrogen-bond donors (Lipinski definition) is 4. The van der Waals surface area contributed by atoms with Crippen molar-refractivity contribution in [2.75, 3.05) is 0 Å². The summed E-state index contributed by atoms with van der Waals surface area (Å²) in [7, 11) is 0. The number of pyridine rings is 2. The molecule has 2 unspecified atom stereocenters. The maximum Gasteiger partial charge on any atom is 0.355 e. The molecule has 316 valence electrons. The van der Waals surface area contributed by atoms with E-state index in [9.17, 15) is 48.6 Å². The number of carbonyl (C=O) groups is 7. The number of nitrogens with one attached hydrogen (secondary N) is 2. The second kappa shape index (κ2) is 18.2. The molecule has 4 heterocycles. The highest BCUT2D eigenvalue weighted by molar-refractivity contribution is 5.92. The number of benzene rings is 1. The fraction of sp³-hybridized carbons (Fsp3) is 0.500. The van der Waals surface area contributed by atoms with E-state index in [0.29, 0.717) is 28.7 Å². The molecule has 0 spiro atoms. The molecule has 1 aromatic carbocycles. The van der Waals surface area contributed by atoms with Gasteiger partial charge in [-0.2, -0.15) is 0 Å². The van der Waals surface area contributed by atoms with Crippen LogP contribution in [0, 0.1) is 11.8 Å². The number of esters is 3. The van der Waals surface area contributed by atoms with Gasteiger partial charge in [-0.25, -0.2) is 19.4 Å². The Morgan fingerprint density at radius 3 is 1.98 bits per heavy atom. The molecule has 0 saturated carbocycles. The first-order valence-electron chi connectivity index (χ1n) is 19.8. The Balaban J connectivity index is 1.37. The first-order chi connectivity index (χ1) is 27.9. The topological polar surface area (TPSA) is 247 Å². The van der Waals surface area contributed by atoms with Crippen LogP contribution in [0.25, 0.3) is 22.3 Å². The average Bonchev–Trinajstić information content (AvgIpc) is 3.54. The summed E-state index contributed by atoms with van der Waals surface area (Å²) in [6.45, 7) is 10.6. The number of hydrogen-bond acceptors (Lipinski definition) is 12. The minimum absolute atomic E-state index is 0.00928. The SMILES string of the molecule is CCc1c2c(nc3ccc(OC(=O)CCC(=O)NC(CC(C)C)C(=O)O)cc13)-c1cc3c(c(=O)n1C2)COC(=O)[C@@]3(CC)OC(=O)CCC(=O)NC(CC(C)C)C(=O)O. The normalized spacial score (nSPS) is 16.4. The minimum atomic E-state index is -2.00. The van der Waals surface area contributed by atoms with Crippen LogP contribution in [0.4, 0.5) is 0 Å². The van der Waals surface area contributed by atoms with E-state index >= 15 is 0 Å². The van der Waals surface area contributed by atoms with Crippen molar-refractivity contribution >= 4 is 52.6 Å². The Morgan fingerprint density at radius 1 is 0.847 bits per heavy atom. The van der Waals surface area contributed by atoms with Crippen LogP contribution in [0.15, 0.2) is 29.1 Å². The van der Waals surface area contributed by atoms with Crippen LogP contribution in [0.1, 0.15) is 109 Å². The number of carboxylic acid groups (broad SMARTS) is 2. The lowest BCUT2D eigenvalue weighted by Crippen LogP contribution is -2.47. The van der Waals surface area contributed by atoms with Crippen molar-refractivity contribution in [1.82, 2.24) is 20.2 Å². The van der Waals surface area contributed by atoms with Gasteiger partial charge in [-0.1, -0.05) is 41.5 Å². The Morgan fingerprint density at radius 2 is 1.44 bits per heavy atom. The number of aliphatic carboxylic acids is 2. The number of nitrogens with zero attached hydrogens (tertiary/aromatic N) is 2. The highest BCUT2D eigenvalue weighted by Gasteiger charge is 2.50. The van der Waals surface area contributed by atoms with E-state index in [1.807, 2.05) is 34.6 Å². The lowest BCUT2D eigenvalue weighted by molar-refractivity contribution is -0.189. The number of carbonyl (C=O) groups excluding carboxylic acids is 5. The van der Waals surface area contributed by atoms with Gasteiger partial charge in [0.1, 0.15) is 24.4 Å². The number of rotatable bonds is 18. The number of carboxylic acids is 2. The molecule has 0 aliphatic carbocycles. The van der Waals surface area contributed by atoms with Gasteiger partial charge in [0.25, 0.3) is 5.56 Å². The zero-order chi connectivity index (χ0) is 43.3. The molecule has 2 aliphatic heterocycles. The number of aromatic nitrogens is 2. The van der Waals surface area contributed by atoms with Crippen molar-refractivity contribution < 1.29 is 58.0 Å². The first-order valence-corrected chi connectivity index (χ1v) is 19.8. The second-order valence-electron chi connectivity index (χ2n) is 15.6. The Hall–Kier alpha value is -6.13. The summed E-state index contributed by atoms with van der Waals surface area (Å²) in [4.78, 5) is 107. The van der Waals surface area contributed by atoms with Crippen LogP contribution in [0.2, 0.25) is 0 Å². The number of cyclic esters (lactones) is 1. The maximum atomic E-state index is 14.1. The molecule has 0 saturated heterocycles. The lowest BCUT2D eigenvalue weighted by Gasteiger charge is -2.35. The van der Waals surface area contributed by atoms with Gasteiger partial charge < -0.3 is 39.6 Å². The molecule has 3 aromatic rings. The predicted octanol–water partition coefficient (Wildman–Crippen LogP) is 3.89. The van der Waals surface area contributed by atoms with Gasteiger partial charge in [0.2, 0.25) is 17.4 Å². The smallest absolute Gasteiger partial charge is 0.355 e. The van der Waals surface area contributed by atoms with Crippen molar-refractivity contribution in [3.8, 4) is 17.1 Å². The largest absolute Gasteiger partial charge is 0.480 e. The Bertz CT molecular complexity index is 2260. The standard InChI is InChI=1S/C42H50N4O13/c1-7-24-25-17-23(58-35(49)13-11-33(47)43-30(39(52)53)15-21(3)4)9-10-29(25)45-37-26(24)19-46-32(37)18-28-27(38(46)51)20-57-41(56)42(28,8-2)59-36(50)14-12-34(48)44-31(40(54)55)16-22(5)6/h9-10,17-18,21-22,30-31H,7-8,11-16,19-20H2,1-6H3,(H,43,47)(H,44,48)(H,52,53)(H,54,55)/t30?,31?,42-/m0/s1. The number of ether oxygens (including phenoxy) is 3. The zero-order valence-electron chi connectivity index (χ0n) is 34.0. The molecule has 2 aromatic heterocycles. The molecule has 17 nitrogen and oxygen atoms in total. The minimum Gasteiger partial charge on any atom is -0.480 e. The Kier molecular flexibility index (Phi) is 13.6. The Labute approximate surface area is 339 Å². The van der Waals surface area contributed by atoms with Gasteiger partial charge in [0, 0.05) is 29.4 Å². The zero-order valence-corrected chi connectivity index (χ0v) is 34.0. The molecular formula is C42H50N4O13.